The highest BCUT2D eigenvalue weighted by molar-refractivity contribution is 9.15. The third kappa shape index (κ3) is 1.39. The minimum Gasteiger partial charge on any atom is -0.143 e. The third-order valence-electron chi connectivity index (χ3n) is 1.14. The van der Waals surface area contributed by atoms with E-state index in [1.807, 2.05) is 11.4 Å². The quantitative estimate of drug-likeness (QED) is 0.670. The summed E-state index contributed by atoms with van der Waals surface area (Å²) < 4.78 is 2.18. The van der Waals surface area contributed by atoms with Crippen LogP contribution in [0, 0.1) is 0 Å². The first kappa shape index (κ1) is 7.76. The smallest absolute Gasteiger partial charge is 0.0478 e. The Balaban J connectivity index is 3.55. The van der Waals surface area contributed by atoms with E-state index in [1.165, 1.54) is 0 Å². The molecule has 0 saturated heterocycles. The lowest BCUT2D eigenvalue weighted by Gasteiger charge is -1.81. The molecule has 0 saturated carbocycles. The first-order valence-electron chi connectivity index (χ1n) is 2.80. The van der Waals surface area contributed by atoms with Crippen LogP contribution >= 0.6 is 27.3 Å². The van der Waals surface area contributed by atoms with Gasteiger partial charge in [0.25, 0.3) is 0 Å². The van der Waals surface area contributed by atoms with E-state index in [1.54, 1.807) is 17.4 Å². The van der Waals surface area contributed by atoms with Crippen LogP contribution < -0.4 is 9.75 Å². The van der Waals surface area contributed by atoms with Gasteiger partial charge >= 0.3 is 0 Å². The maximum Gasteiger partial charge on any atom is 0.0478 e. The van der Waals surface area contributed by atoms with E-state index in [0.717, 1.165) is 14.2 Å². The van der Waals surface area contributed by atoms with Crippen LogP contribution in [0.5, 0.6) is 0 Å². The summed E-state index contributed by atoms with van der Waals surface area (Å²) in [5.41, 5.74) is 0. The monoisotopic (exact) mass is 214 g/mol. The van der Waals surface area contributed by atoms with E-state index in [0.29, 0.717) is 0 Å². The maximum absolute atomic E-state index is 3.86. The van der Waals surface area contributed by atoms with Crippen LogP contribution in [0.4, 0.5) is 0 Å². The Kier molecular flexibility index (Phi) is 2.46. The Bertz CT molecular complexity index is 334. The highest BCUT2D eigenvalue weighted by Crippen LogP contribution is 2.03. The van der Waals surface area contributed by atoms with Crippen molar-refractivity contribution in [3.63, 3.8) is 0 Å². The van der Waals surface area contributed by atoms with Gasteiger partial charge in [-0.1, -0.05) is 19.2 Å². The molecular formula is C8H7BrS. The minimum absolute atomic E-state index is 1.02. The lowest BCUT2D eigenvalue weighted by atomic mass is 10.4. The second-order valence-corrected chi connectivity index (χ2v) is 3.60. The molecule has 0 unspecified atom stereocenters. The van der Waals surface area contributed by atoms with Crippen LogP contribution in [0.15, 0.2) is 24.1 Å². The predicted molar refractivity (Wildman–Crippen MR) is 51.6 cm³/mol. The first-order chi connectivity index (χ1) is 4.75. The fraction of sp³-hybridized carbons (Fsp3) is 0. The number of hydrogen-bond donors (Lipinski definition) is 0. The summed E-state index contributed by atoms with van der Waals surface area (Å²) in [6.45, 7) is 7.51. The zero-order valence-electron chi connectivity index (χ0n) is 5.43. The van der Waals surface area contributed by atoms with Gasteiger partial charge in [-0.25, -0.2) is 0 Å². The molecule has 0 aliphatic carbocycles. The number of hydrogen-bond acceptors (Lipinski definition) is 1. The molecule has 0 atom stereocenters. The highest BCUT2D eigenvalue weighted by atomic mass is 79.9. The molecule has 0 aromatic carbocycles. The Hall–Kier alpha value is -0.340. The normalized spacial score (nSPS) is 12.9. The lowest BCUT2D eigenvalue weighted by Crippen LogP contribution is -2.16. The second kappa shape index (κ2) is 3.17. The molecule has 1 heterocycles. The molecular weight excluding hydrogens is 208 g/mol. The van der Waals surface area contributed by atoms with Crippen LogP contribution in [0.2, 0.25) is 0 Å². The largest absolute Gasteiger partial charge is 0.143 e. The molecule has 0 N–H and O–H groups in total. The zero-order chi connectivity index (χ0) is 7.56. The van der Waals surface area contributed by atoms with Crippen molar-refractivity contribution in [2.24, 2.45) is 0 Å². The Labute approximate surface area is 72.3 Å². The van der Waals surface area contributed by atoms with Crippen molar-refractivity contribution < 1.29 is 0 Å². The summed E-state index contributed by atoms with van der Waals surface area (Å²) >= 11 is 5.05. The van der Waals surface area contributed by atoms with Gasteiger partial charge in [0.15, 0.2) is 0 Å². The molecule has 0 radical (unpaired) electrons. The number of allylic oxidation sites excluding steroid dienone is 1. The van der Waals surface area contributed by atoms with Crippen LogP contribution in [0.3, 0.4) is 0 Å². The SMILES string of the molecule is C=C/C(Br)=c1/sccc1=C. The summed E-state index contributed by atoms with van der Waals surface area (Å²) in [5, 5.41) is 3.07. The summed E-state index contributed by atoms with van der Waals surface area (Å²) in [7, 11) is 0. The topological polar surface area (TPSA) is 0 Å². The van der Waals surface area contributed by atoms with Gasteiger partial charge in [0, 0.05) is 9.01 Å². The maximum atomic E-state index is 3.86. The van der Waals surface area contributed by atoms with Crippen molar-refractivity contribution in [3.8, 4) is 0 Å². The Morgan fingerprint density at radius 2 is 2.40 bits per heavy atom. The molecule has 0 fully saturated rings. The first-order valence-corrected chi connectivity index (χ1v) is 4.47. The molecule has 1 rings (SSSR count). The second-order valence-electron chi connectivity index (χ2n) is 1.83. The van der Waals surface area contributed by atoms with Crippen LogP contribution in [0.25, 0.3) is 11.1 Å². The number of rotatable bonds is 1. The summed E-state index contributed by atoms with van der Waals surface area (Å²) in [5.74, 6) is 0. The van der Waals surface area contributed by atoms with Crippen molar-refractivity contribution >= 4 is 38.3 Å². The molecule has 0 nitrogen and oxygen atoms in total. The third-order valence-corrected chi connectivity index (χ3v) is 3.12. The minimum atomic E-state index is 1.02. The van der Waals surface area contributed by atoms with E-state index in [2.05, 4.69) is 29.1 Å². The van der Waals surface area contributed by atoms with Crippen molar-refractivity contribution in [1.29, 1.82) is 0 Å². The predicted octanol–water partition coefficient (Wildman–Crippen LogP) is 1.85. The van der Waals surface area contributed by atoms with Crippen molar-refractivity contribution in [2.75, 3.05) is 0 Å². The standard InChI is InChI=1S/C8H7BrS/c1-3-7(9)8-6(2)4-5-10-8/h3-5H,1-2H2/b8-7-. The van der Waals surface area contributed by atoms with E-state index < -0.39 is 0 Å². The van der Waals surface area contributed by atoms with Gasteiger partial charge in [-0.15, -0.1) is 11.3 Å². The molecule has 0 aliphatic heterocycles. The average Bonchev–Trinajstić information content (AvgIpc) is 2.34. The molecule has 0 amide bonds. The van der Waals surface area contributed by atoms with E-state index >= 15 is 0 Å². The molecule has 10 heavy (non-hydrogen) atoms. The highest BCUT2D eigenvalue weighted by Gasteiger charge is 1.88. The fourth-order valence-electron chi connectivity index (χ4n) is 0.638. The van der Waals surface area contributed by atoms with Gasteiger partial charge in [-0.2, -0.15) is 0 Å². The molecule has 1 aromatic rings. The van der Waals surface area contributed by atoms with Gasteiger partial charge in [-0.3, -0.25) is 0 Å². The van der Waals surface area contributed by atoms with Gasteiger partial charge in [0.1, 0.15) is 0 Å². The van der Waals surface area contributed by atoms with Gasteiger partial charge in [-0.05, 0) is 32.6 Å². The zero-order valence-corrected chi connectivity index (χ0v) is 7.83. The van der Waals surface area contributed by atoms with Crippen LogP contribution in [-0.4, -0.2) is 0 Å². The number of halogens is 1. The number of thiophene rings is 1. The average molecular weight is 215 g/mol. The van der Waals surface area contributed by atoms with Crippen molar-refractivity contribution in [3.05, 3.63) is 33.9 Å². The molecule has 0 bridgehead atoms. The van der Waals surface area contributed by atoms with E-state index in [9.17, 15) is 0 Å². The lowest BCUT2D eigenvalue weighted by molar-refractivity contribution is 1.75. The molecule has 52 valence electrons. The van der Waals surface area contributed by atoms with Gasteiger partial charge in [0.2, 0.25) is 0 Å². The molecule has 0 spiro atoms. The van der Waals surface area contributed by atoms with Gasteiger partial charge in [0.05, 0.1) is 0 Å². The van der Waals surface area contributed by atoms with Crippen molar-refractivity contribution in [1.82, 2.24) is 0 Å². The molecule has 2 heteroatoms. The van der Waals surface area contributed by atoms with Crippen LogP contribution in [0.1, 0.15) is 0 Å². The molecule has 1 aromatic heterocycles. The Morgan fingerprint density at radius 3 is 2.80 bits per heavy atom. The summed E-state index contributed by atoms with van der Waals surface area (Å²) in [6, 6.07) is 1.99. The van der Waals surface area contributed by atoms with Gasteiger partial charge < -0.3 is 0 Å². The molecule has 0 aliphatic rings. The summed E-state index contributed by atoms with van der Waals surface area (Å²) in [4.78, 5) is 0. The summed E-state index contributed by atoms with van der Waals surface area (Å²) in [6.07, 6.45) is 1.78. The van der Waals surface area contributed by atoms with Crippen molar-refractivity contribution in [2.45, 2.75) is 0 Å². The fourth-order valence-corrected chi connectivity index (χ4v) is 1.96. The van der Waals surface area contributed by atoms with E-state index in [4.69, 9.17) is 0 Å². The van der Waals surface area contributed by atoms with E-state index in [-0.39, 0.29) is 0 Å². The Morgan fingerprint density at radius 1 is 1.70 bits per heavy atom. The van der Waals surface area contributed by atoms with Crippen LogP contribution in [-0.2, 0) is 0 Å².